The van der Waals surface area contributed by atoms with Gasteiger partial charge < -0.3 is 4.79 Å². The summed E-state index contributed by atoms with van der Waals surface area (Å²) in [6.07, 6.45) is 0. The molecule has 1 radical (unpaired) electrons. The summed E-state index contributed by atoms with van der Waals surface area (Å²) in [5.41, 5.74) is 1.20. The molecule has 48 heavy (non-hydrogen) atoms. The van der Waals surface area contributed by atoms with E-state index in [1.165, 1.54) is 37.4 Å². The Morgan fingerprint density at radius 2 is 0.562 bits per heavy atom. The third kappa shape index (κ3) is 12.1. The molecule has 0 unspecified atom stereocenters. The van der Waals surface area contributed by atoms with Gasteiger partial charge in [0.15, 0.2) is 0 Å². The van der Waals surface area contributed by atoms with Crippen molar-refractivity contribution in [3.05, 3.63) is 218 Å². The van der Waals surface area contributed by atoms with Crippen molar-refractivity contribution in [3.8, 4) is 0 Å². The van der Waals surface area contributed by atoms with Crippen LogP contribution in [0.1, 0.15) is 5.56 Å². The van der Waals surface area contributed by atoms with Crippen LogP contribution in [0.4, 0.5) is 0 Å². The molecule has 7 aromatic carbocycles. The van der Waals surface area contributed by atoms with Crippen molar-refractivity contribution < 1.29 is 24.9 Å². The molecule has 0 saturated carbocycles. The van der Waals surface area contributed by atoms with E-state index in [-0.39, 0.29) is 20.1 Å². The van der Waals surface area contributed by atoms with E-state index in [1.54, 1.807) is 0 Å². The van der Waals surface area contributed by atoms with Gasteiger partial charge in [-0.05, 0) is 72.8 Å². The number of aryl methyl sites for hydroxylation is 1. The summed E-state index contributed by atoms with van der Waals surface area (Å²) in [6.45, 7) is 5.28. The van der Waals surface area contributed by atoms with Crippen molar-refractivity contribution in [3.63, 3.8) is 0 Å². The fourth-order valence-electron chi connectivity index (χ4n) is 5.11. The van der Waals surface area contributed by atoms with Crippen molar-refractivity contribution >= 4 is 54.5 Å². The summed E-state index contributed by atoms with van der Waals surface area (Å²) in [5, 5.41) is 8.61. The summed E-state index contributed by atoms with van der Waals surface area (Å²) in [7, 11) is -1.75. The molecule has 0 bridgehead atoms. The second-order valence-corrected chi connectivity index (χ2v) is 15.5. The monoisotopic (exact) mass is 839 g/mol. The smallest absolute Gasteiger partial charge is 0.102 e. The van der Waals surface area contributed by atoms with Gasteiger partial charge in [-0.1, -0.05) is 116 Å². The minimum absolute atomic E-state index is 0. The molecule has 241 valence electrons. The van der Waals surface area contributed by atoms with E-state index in [4.69, 9.17) is 4.79 Å². The van der Waals surface area contributed by atoms with E-state index in [0.717, 1.165) is 0 Å². The fraction of sp³-hybridized carbons (Fsp3) is 0.0227. The molecule has 0 aliphatic carbocycles. The van der Waals surface area contributed by atoms with Gasteiger partial charge >= 0.3 is 0 Å². The second kappa shape index (κ2) is 22.3. The van der Waals surface area contributed by atoms with Crippen LogP contribution in [-0.4, -0.2) is 6.79 Å². The van der Waals surface area contributed by atoms with Gasteiger partial charge in [0.25, 0.3) is 0 Å². The maximum Gasteiger partial charge on any atom is 0.102 e. The van der Waals surface area contributed by atoms with Gasteiger partial charge in [-0.2, -0.15) is 35.9 Å². The molecule has 0 spiro atoms. The summed E-state index contributed by atoms with van der Waals surface area (Å²) in [4.78, 5) is 7.75. The zero-order valence-corrected chi connectivity index (χ0v) is 31.3. The van der Waals surface area contributed by atoms with Crippen LogP contribution in [-0.2, 0) is 24.9 Å². The molecule has 7 rings (SSSR count). The largest absolute Gasteiger partial charge is 0.545 e. The van der Waals surface area contributed by atoms with E-state index in [0.29, 0.717) is 0 Å². The van der Waals surface area contributed by atoms with Crippen LogP contribution in [0.15, 0.2) is 206 Å². The first-order valence-electron chi connectivity index (χ1n) is 15.5. The average Bonchev–Trinajstić information content (AvgIpc) is 3.16. The first-order valence-corrected chi connectivity index (χ1v) is 18.5. The first-order chi connectivity index (χ1) is 23.3. The van der Waals surface area contributed by atoms with Crippen LogP contribution in [0.5, 0.6) is 0 Å². The third-order valence-corrected chi connectivity index (χ3v) is 12.7. The van der Waals surface area contributed by atoms with E-state index in [1.807, 2.05) is 31.2 Å². The van der Waals surface area contributed by atoms with Gasteiger partial charge in [0.1, 0.15) is 31.8 Å². The molecule has 4 heteroatoms. The number of benzene rings is 7. The quantitative estimate of drug-likeness (QED) is 0.0948. The number of rotatable bonds is 6. The predicted molar refractivity (Wildman–Crippen MR) is 210 cm³/mol. The Hall–Kier alpha value is -4.28. The molecule has 0 fully saturated rings. The molecule has 0 saturated heterocycles. The van der Waals surface area contributed by atoms with Crippen LogP contribution in [0.25, 0.3) is 0 Å². The maximum atomic E-state index is 7.75. The molecule has 0 amide bonds. The summed E-state index contributed by atoms with van der Waals surface area (Å²) >= 11 is 0. The standard InChI is InChI=1S/2C18H15P.C7H7.CHO.Ir/c2*1-4-10-16(11-5-1)19(17-12-6-2-7-13-17)18-14-8-3-9-15-18;1-7-5-3-2-4-6-7;1-2;/h2*1-15H;2-5H,1H3;1H;/q;;2*-1;/p+2. The molecule has 0 aliphatic heterocycles. The normalized spacial score (nSPS) is 9.73. The van der Waals surface area contributed by atoms with Gasteiger partial charge in [0, 0.05) is 20.1 Å². The minimum Gasteiger partial charge on any atom is -0.545 e. The zero-order valence-electron chi connectivity index (χ0n) is 26.9. The molecule has 0 aliphatic rings. The second-order valence-electron chi connectivity index (χ2n) is 10.5. The van der Waals surface area contributed by atoms with E-state index >= 15 is 0 Å². The van der Waals surface area contributed by atoms with Crippen LogP contribution >= 0.6 is 15.8 Å². The van der Waals surface area contributed by atoms with Crippen molar-refractivity contribution in [1.29, 1.82) is 0 Å². The van der Waals surface area contributed by atoms with Gasteiger partial charge in [-0.15, -0.1) is 0 Å². The maximum absolute atomic E-state index is 7.75. The number of carbonyl (C=O) groups excluding carboxylic acids is 1. The van der Waals surface area contributed by atoms with Gasteiger partial charge in [-0.25, -0.2) is 0 Å². The van der Waals surface area contributed by atoms with Crippen molar-refractivity contribution in [1.82, 2.24) is 0 Å². The van der Waals surface area contributed by atoms with E-state index in [9.17, 15) is 0 Å². The molecular weight excluding hydrogens is 799 g/mol. The molecule has 7 aromatic rings. The summed E-state index contributed by atoms with van der Waals surface area (Å²) in [6, 6.07) is 75.9. The topological polar surface area (TPSA) is 17.1 Å². The summed E-state index contributed by atoms with van der Waals surface area (Å²) < 4.78 is 0. The van der Waals surface area contributed by atoms with Gasteiger partial charge in [0.2, 0.25) is 0 Å². The average molecular weight is 839 g/mol. The zero-order chi connectivity index (χ0) is 32.9. The third-order valence-electron chi connectivity index (χ3n) is 7.24. The molecule has 0 N–H and O–H groups in total. The van der Waals surface area contributed by atoms with E-state index in [2.05, 4.69) is 195 Å². The first kappa shape index (κ1) is 38.2. The Morgan fingerprint density at radius 1 is 0.354 bits per heavy atom. The Bertz CT molecular complexity index is 1490. The SMILES string of the molecule is Cc1[c-]cccc1.[CH-]=O.[Ir].c1ccc([PH+](c2ccccc2)c2ccccc2)cc1.c1ccc([PH+](c2ccccc2)c2ccccc2)cc1. The Kier molecular flexibility index (Phi) is 17.7. The molecule has 0 heterocycles. The number of hydrogen-bond donors (Lipinski definition) is 0. The Balaban J connectivity index is 0.000000205. The van der Waals surface area contributed by atoms with Crippen LogP contribution in [0, 0.1) is 13.0 Å². The Morgan fingerprint density at radius 3 is 0.708 bits per heavy atom. The molecule has 0 aromatic heterocycles. The molecule has 1 nitrogen and oxygen atoms in total. The van der Waals surface area contributed by atoms with Crippen molar-refractivity contribution in [2.45, 2.75) is 6.92 Å². The predicted octanol–water partition coefficient (Wildman–Crippen LogP) is 7.87. The molecular formula is C44H40IrOP2. The van der Waals surface area contributed by atoms with Gasteiger partial charge in [0.05, 0.1) is 15.8 Å². The van der Waals surface area contributed by atoms with Crippen molar-refractivity contribution in [2.24, 2.45) is 0 Å². The fourth-order valence-corrected chi connectivity index (χ4v) is 10.3. The van der Waals surface area contributed by atoms with Crippen LogP contribution in [0.3, 0.4) is 0 Å². The Labute approximate surface area is 302 Å². The van der Waals surface area contributed by atoms with Gasteiger partial charge in [-0.3, -0.25) is 6.79 Å². The van der Waals surface area contributed by atoms with Crippen LogP contribution < -0.4 is 31.8 Å². The van der Waals surface area contributed by atoms with E-state index < -0.39 is 15.8 Å². The minimum atomic E-state index is -0.877. The van der Waals surface area contributed by atoms with Crippen LogP contribution in [0.2, 0.25) is 0 Å². The number of hydrogen-bond acceptors (Lipinski definition) is 1. The van der Waals surface area contributed by atoms with Crippen molar-refractivity contribution in [2.75, 3.05) is 0 Å². The summed E-state index contributed by atoms with van der Waals surface area (Å²) in [5.74, 6) is 0. The molecule has 0 atom stereocenters.